The zero-order valence-electron chi connectivity index (χ0n) is 21.9. The summed E-state index contributed by atoms with van der Waals surface area (Å²) in [5, 5.41) is 3.16. The average molecular weight is 498 g/mol. The van der Waals surface area contributed by atoms with Crippen LogP contribution >= 0.6 is 0 Å². The molecular weight excluding hydrogens is 462 g/mol. The average Bonchev–Trinajstić information content (AvgIpc) is 3.16. The summed E-state index contributed by atoms with van der Waals surface area (Å²) in [5.74, 6) is -0.547. The first-order chi connectivity index (χ1) is 17.8. The van der Waals surface area contributed by atoms with Crippen LogP contribution in [0.3, 0.4) is 0 Å². The molecule has 0 spiro atoms. The summed E-state index contributed by atoms with van der Waals surface area (Å²) in [5.41, 5.74) is 1.17. The maximum atomic E-state index is 14.6. The van der Waals surface area contributed by atoms with Gasteiger partial charge >= 0.3 is 6.03 Å². The van der Waals surface area contributed by atoms with Crippen molar-refractivity contribution >= 4 is 17.8 Å². The smallest absolute Gasteiger partial charge is 0.327 e. The number of nitrogens with zero attached hydrogens (tertiary/aromatic N) is 2. The highest BCUT2D eigenvalue weighted by atomic mass is 16.2. The maximum Gasteiger partial charge on any atom is 0.327 e. The number of carbonyl (C=O) groups is 3. The zero-order valence-corrected chi connectivity index (χ0v) is 21.9. The molecule has 0 aliphatic carbocycles. The molecule has 4 amide bonds. The van der Waals surface area contributed by atoms with Gasteiger partial charge < -0.3 is 10.2 Å². The second-order valence-electron chi connectivity index (χ2n) is 10.0. The molecule has 4 atom stereocenters. The Hall–Kier alpha value is -3.93. The predicted octanol–water partition coefficient (Wildman–Crippen LogP) is 5.99. The Balaban J connectivity index is 1.80. The fourth-order valence-electron chi connectivity index (χ4n) is 5.41. The number of rotatable bonds is 8. The van der Waals surface area contributed by atoms with E-state index in [0.717, 1.165) is 11.1 Å². The van der Waals surface area contributed by atoms with Gasteiger partial charge in [-0.2, -0.15) is 0 Å². The third-order valence-electron chi connectivity index (χ3n) is 7.55. The van der Waals surface area contributed by atoms with Crippen molar-refractivity contribution in [3.05, 3.63) is 108 Å². The van der Waals surface area contributed by atoms with E-state index < -0.39 is 17.5 Å². The van der Waals surface area contributed by atoms with Crippen LogP contribution in [0.15, 0.2) is 91.0 Å². The van der Waals surface area contributed by atoms with Crippen molar-refractivity contribution < 1.29 is 14.4 Å². The van der Waals surface area contributed by atoms with E-state index in [-0.39, 0.29) is 23.9 Å². The highest BCUT2D eigenvalue weighted by molar-refractivity contribution is 6.01. The molecule has 4 rings (SSSR count). The van der Waals surface area contributed by atoms with E-state index in [4.69, 9.17) is 0 Å². The van der Waals surface area contributed by atoms with Crippen LogP contribution in [0.25, 0.3) is 0 Å². The number of hydrogen-bond donors (Lipinski definition) is 1. The monoisotopic (exact) mass is 497 g/mol. The number of urea groups is 1. The standard InChI is InChI=1S/C31H35N3O3/c1-5-21-31(3,27(24-17-11-7-12-18-24)32-28(35)25-19-13-8-14-20-25)29(36)34-26(22(2)33(4)30(34)37)23-15-9-6-10-16-23/h6-20,22,26-27H,5,21H2,1-4H3,(H,32,35)/t22-,26-,27+,31+/m0/s1. The van der Waals surface area contributed by atoms with Gasteiger partial charge in [0.25, 0.3) is 5.91 Å². The normalized spacial score (nSPS) is 19.8. The van der Waals surface area contributed by atoms with Crippen molar-refractivity contribution in [1.82, 2.24) is 15.1 Å². The lowest BCUT2D eigenvalue weighted by atomic mass is 9.73. The van der Waals surface area contributed by atoms with Crippen molar-refractivity contribution in [3.63, 3.8) is 0 Å². The molecule has 1 heterocycles. The van der Waals surface area contributed by atoms with Crippen molar-refractivity contribution in [2.75, 3.05) is 7.05 Å². The molecule has 3 aromatic carbocycles. The first-order valence-corrected chi connectivity index (χ1v) is 12.9. The summed E-state index contributed by atoms with van der Waals surface area (Å²) >= 11 is 0. The molecule has 6 nitrogen and oxygen atoms in total. The molecule has 0 unspecified atom stereocenters. The van der Waals surface area contributed by atoms with Crippen LogP contribution in [0.1, 0.15) is 67.2 Å². The van der Waals surface area contributed by atoms with Gasteiger partial charge in [-0.15, -0.1) is 0 Å². The molecule has 0 saturated carbocycles. The first kappa shape index (κ1) is 26.1. The Morgan fingerprint density at radius 3 is 2.03 bits per heavy atom. The lowest BCUT2D eigenvalue weighted by Gasteiger charge is -2.40. The van der Waals surface area contributed by atoms with Crippen molar-refractivity contribution in [3.8, 4) is 0 Å². The van der Waals surface area contributed by atoms with Crippen LogP contribution in [0.4, 0.5) is 4.79 Å². The largest absolute Gasteiger partial charge is 0.344 e. The minimum atomic E-state index is -1.08. The number of amides is 4. The van der Waals surface area contributed by atoms with Crippen LogP contribution in [0, 0.1) is 5.41 Å². The van der Waals surface area contributed by atoms with E-state index in [1.807, 2.05) is 99.6 Å². The summed E-state index contributed by atoms with van der Waals surface area (Å²) < 4.78 is 0. The Bertz CT molecular complexity index is 1230. The number of imide groups is 1. The van der Waals surface area contributed by atoms with E-state index >= 15 is 0 Å². The van der Waals surface area contributed by atoms with Gasteiger partial charge in [0.05, 0.1) is 23.5 Å². The summed E-state index contributed by atoms with van der Waals surface area (Å²) in [7, 11) is 1.74. The van der Waals surface area contributed by atoms with Crippen molar-refractivity contribution in [2.45, 2.75) is 51.7 Å². The van der Waals surface area contributed by atoms with E-state index in [0.29, 0.717) is 18.4 Å². The van der Waals surface area contributed by atoms with Crippen molar-refractivity contribution in [2.24, 2.45) is 5.41 Å². The van der Waals surface area contributed by atoms with Crippen molar-refractivity contribution in [1.29, 1.82) is 0 Å². The van der Waals surface area contributed by atoms with E-state index in [9.17, 15) is 14.4 Å². The first-order valence-electron chi connectivity index (χ1n) is 12.9. The minimum absolute atomic E-state index is 0.196. The summed E-state index contributed by atoms with van der Waals surface area (Å²) in [6.07, 6.45) is 1.19. The van der Waals surface area contributed by atoms with Gasteiger partial charge in [-0.1, -0.05) is 92.2 Å². The molecule has 1 N–H and O–H groups in total. The van der Waals surface area contributed by atoms with Gasteiger partial charge in [-0.3, -0.25) is 14.5 Å². The lowest BCUT2D eigenvalue weighted by Crippen LogP contribution is -2.52. The Kier molecular flexibility index (Phi) is 7.77. The predicted molar refractivity (Wildman–Crippen MR) is 145 cm³/mol. The molecule has 6 heteroatoms. The van der Waals surface area contributed by atoms with Gasteiger partial charge in [0, 0.05) is 12.6 Å². The molecule has 1 saturated heterocycles. The highest BCUT2D eigenvalue weighted by Gasteiger charge is 2.53. The number of nitrogens with one attached hydrogen (secondary N) is 1. The molecule has 0 bridgehead atoms. The van der Waals surface area contributed by atoms with E-state index in [1.54, 1.807) is 24.1 Å². The third kappa shape index (κ3) is 5.01. The second-order valence-corrected chi connectivity index (χ2v) is 10.0. The molecule has 1 aliphatic heterocycles. The maximum absolute atomic E-state index is 14.6. The third-order valence-corrected chi connectivity index (χ3v) is 7.55. The second kappa shape index (κ2) is 11.0. The summed E-state index contributed by atoms with van der Waals surface area (Å²) in [6.45, 7) is 5.85. The zero-order chi connectivity index (χ0) is 26.6. The highest BCUT2D eigenvalue weighted by Crippen LogP contribution is 2.44. The topological polar surface area (TPSA) is 69.7 Å². The van der Waals surface area contributed by atoms with Crippen LogP contribution in [0.5, 0.6) is 0 Å². The van der Waals surface area contributed by atoms with E-state index in [2.05, 4.69) is 5.32 Å². The van der Waals surface area contributed by atoms with Gasteiger partial charge in [0.1, 0.15) is 0 Å². The van der Waals surface area contributed by atoms with Crippen LogP contribution in [-0.4, -0.2) is 40.7 Å². The lowest BCUT2D eigenvalue weighted by molar-refractivity contribution is -0.141. The Labute approximate surface area is 219 Å². The molecule has 192 valence electrons. The molecule has 3 aromatic rings. The molecule has 37 heavy (non-hydrogen) atoms. The minimum Gasteiger partial charge on any atom is -0.344 e. The number of carbonyl (C=O) groups excluding carboxylic acids is 3. The molecule has 1 fully saturated rings. The molecular formula is C31H35N3O3. The molecule has 0 radical (unpaired) electrons. The molecule has 0 aromatic heterocycles. The van der Waals surface area contributed by atoms with Gasteiger partial charge in [-0.05, 0) is 43.5 Å². The van der Waals surface area contributed by atoms with Crippen LogP contribution in [-0.2, 0) is 4.79 Å². The van der Waals surface area contributed by atoms with Gasteiger partial charge in [0.2, 0.25) is 5.91 Å². The quantitative estimate of drug-likeness (QED) is 0.416. The fourth-order valence-corrected chi connectivity index (χ4v) is 5.41. The van der Waals surface area contributed by atoms with E-state index in [1.165, 1.54) is 4.90 Å². The number of benzene rings is 3. The molecule has 1 aliphatic rings. The van der Waals surface area contributed by atoms with Gasteiger partial charge in [0.15, 0.2) is 0 Å². The Morgan fingerprint density at radius 2 is 1.46 bits per heavy atom. The number of likely N-dealkylation sites (N-methyl/N-ethyl adjacent to an activating group) is 1. The Morgan fingerprint density at radius 1 is 0.919 bits per heavy atom. The fraction of sp³-hybridized carbons (Fsp3) is 0.323. The summed E-state index contributed by atoms with van der Waals surface area (Å²) in [4.78, 5) is 44.6. The van der Waals surface area contributed by atoms with Crippen LogP contribution in [0.2, 0.25) is 0 Å². The van der Waals surface area contributed by atoms with Crippen LogP contribution < -0.4 is 5.32 Å². The summed E-state index contributed by atoms with van der Waals surface area (Å²) in [6, 6.07) is 26.6. The SMILES string of the molecule is CCC[C@@](C)(C(=O)N1C(=O)N(C)[C@@H](C)[C@H]1c1ccccc1)[C@H](NC(=O)c1ccccc1)c1ccccc1. The number of hydrogen-bond acceptors (Lipinski definition) is 3. The van der Waals surface area contributed by atoms with Gasteiger partial charge in [-0.25, -0.2) is 4.79 Å².